The Labute approximate surface area is 198 Å². The maximum atomic E-state index is 6.77. The monoisotopic (exact) mass is 445 g/mol. The lowest BCUT2D eigenvalue weighted by Gasteiger charge is -2.49. The lowest BCUT2D eigenvalue weighted by atomic mass is 9.91. The summed E-state index contributed by atoms with van der Waals surface area (Å²) in [4.78, 5) is 6.77. The van der Waals surface area contributed by atoms with Gasteiger partial charge < -0.3 is 9.47 Å². The topological polar surface area (TPSA) is 30.9 Å². The average molecular weight is 446 g/mol. The molecule has 1 saturated heterocycles. The molecule has 1 aliphatic rings. The van der Waals surface area contributed by atoms with E-state index in [1.807, 2.05) is 36.4 Å². The molecule has 1 heterocycles. The van der Waals surface area contributed by atoms with Crippen LogP contribution in [0.15, 0.2) is 91.0 Å². The summed E-state index contributed by atoms with van der Waals surface area (Å²) in [5.74, 6) is 0.319. The second kappa shape index (κ2) is 10.6. The molecule has 0 N–H and O–H groups in total. The summed E-state index contributed by atoms with van der Waals surface area (Å²) in [7, 11) is 0. The SMILES string of the molecule is CC(ON(C(c1ccccc1)C(C)C)C1(C)COC(c2ccccc2)OC1)c1ccccc1. The van der Waals surface area contributed by atoms with Crippen LogP contribution in [0.2, 0.25) is 0 Å². The van der Waals surface area contributed by atoms with Crippen molar-refractivity contribution < 1.29 is 14.3 Å². The van der Waals surface area contributed by atoms with Gasteiger partial charge in [0.25, 0.3) is 0 Å². The fourth-order valence-corrected chi connectivity index (χ4v) is 4.46. The van der Waals surface area contributed by atoms with Gasteiger partial charge in [0.15, 0.2) is 6.29 Å². The quantitative estimate of drug-likeness (QED) is 0.354. The van der Waals surface area contributed by atoms with Gasteiger partial charge in [-0.05, 0) is 30.9 Å². The van der Waals surface area contributed by atoms with Crippen LogP contribution in [-0.4, -0.2) is 23.8 Å². The highest BCUT2D eigenvalue weighted by Gasteiger charge is 2.45. The van der Waals surface area contributed by atoms with Gasteiger partial charge in [-0.25, -0.2) is 0 Å². The molecule has 1 aliphatic heterocycles. The standard InChI is InChI=1S/C29H35NO3/c1-22(2)27(25-16-10-6-11-17-25)30(33-23(3)24-14-8-5-9-15-24)29(4)20-31-28(32-21-29)26-18-12-7-13-19-26/h5-19,22-23,27-28H,20-21H2,1-4H3. The minimum Gasteiger partial charge on any atom is -0.346 e. The van der Waals surface area contributed by atoms with E-state index >= 15 is 0 Å². The minimum absolute atomic E-state index is 0.0443. The summed E-state index contributed by atoms with van der Waals surface area (Å²) >= 11 is 0. The predicted molar refractivity (Wildman–Crippen MR) is 131 cm³/mol. The van der Waals surface area contributed by atoms with Crippen LogP contribution < -0.4 is 0 Å². The second-order valence-corrected chi connectivity index (χ2v) is 9.45. The van der Waals surface area contributed by atoms with Crippen molar-refractivity contribution in [1.82, 2.24) is 5.06 Å². The van der Waals surface area contributed by atoms with Crippen LogP contribution in [0.5, 0.6) is 0 Å². The smallest absolute Gasteiger partial charge is 0.183 e. The lowest BCUT2D eigenvalue weighted by molar-refractivity contribution is -0.335. The molecule has 2 unspecified atom stereocenters. The normalized spacial score (nSPS) is 22.9. The third-order valence-corrected chi connectivity index (χ3v) is 6.26. The van der Waals surface area contributed by atoms with Crippen LogP contribution in [0.25, 0.3) is 0 Å². The van der Waals surface area contributed by atoms with Gasteiger partial charge >= 0.3 is 0 Å². The van der Waals surface area contributed by atoms with E-state index < -0.39 is 5.54 Å². The molecule has 4 rings (SSSR count). The van der Waals surface area contributed by atoms with Gasteiger partial charge in [0, 0.05) is 5.56 Å². The van der Waals surface area contributed by atoms with E-state index in [4.69, 9.17) is 14.3 Å². The van der Waals surface area contributed by atoms with Gasteiger partial charge in [0.05, 0.1) is 24.8 Å². The molecular weight excluding hydrogens is 410 g/mol. The summed E-state index contributed by atoms with van der Waals surface area (Å²) in [5, 5.41) is 2.14. The van der Waals surface area contributed by atoms with E-state index in [1.54, 1.807) is 0 Å². The van der Waals surface area contributed by atoms with Crippen LogP contribution in [0, 0.1) is 5.92 Å². The molecule has 174 valence electrons. The van der Waals surface area contributed by atoms with Crippen molar-refractivity contribution in [3.8, 4) is 0 Å². The fourth-order valence-electron chi connectivity index (χ4n) is 4.46. The number of hydrogen-bond donors (Lipinski definition) is 0. The van der Waals surface area contributed by atoms with Crippen LogP contribution >= 0.6 is 0 Å². The Bertz CT molecular complexity index is 970. The summed E-state index contributed by atoms with van der Waals surface area (Å²) in [5.41, 5.74) is 2.94. The van der Waals surface area contributed by atoms with Gasteiger partial charge in [-0.1, -0.05) is 105 Å². The van der Waals surface area contributed by atoms with E-state index in [0.717, 1.165) is 11.1 Å². The summed E-state index contributed by atoms with van der Waals surface area (Å²) in [6, 6.07) is 31.1. The Morgan fingerprint density at radius 2 is 1.24 bits per heavy atom. The molecule has 4 heteroatoms. The largest absolute Gasteiger partial charge is 0.346 e. The van der Waals surface area contributed by atoms with E-state index in [-0.39, 0.29) is 18.4 Å². The second-order valence-electron chi connectivity index (χ2n) is 9.45. The molecule has 0 spiro atoms. The first kappa shape index (κ1) is 23.7. The molecular formula is C29H35NO3. The lowest BCUT2D eigenvalue weighted by Crippen LogP contribution is -2.57. The molecule has 0 saturated carbocycles. The van der Waals surface area contributed by atoms with Crippen LogP contribution in [0.3, 0.4) is 0 Å². The molecule has 4 nitrogen and oxygen atoms in total. The van der Waals surface area contributed by atoms with Gasteiger partial charge in [0.1, 0.15) is 6.10 Å². The Balaban J connectivity index is 1.63. The molecule has 3 aromatic rings. The maximum Gasteiger partial charge on any atom is 0.183 e. The molecule has 2 atom stereocenters. The number of benzene rings is 3. The van der Waals surface area contributed by atoms with Crippen LogP contribution in [0.1, 0.15) is 62.8 Å². The van der Waals surface area contributed by atoms with Crippen molar-refractivity contribution in [2.75, 3.05) is 13.2 Å². The minimum atomic E-state index is -0.459. The van der Waals surface area contributed by atoms with Gasteiger partial charge in [-0.2, -0.15) is 5.06 Å². The zero-order valence-corrected chi connectivity index (χ0v) is 20.1. The average Bonchev–Trinajstić information content (AvgIpc) is 2.85. The fraction of sp³-hybridized carbons (Fsp3) is 0.379. The zero-order chi connectivity index (χ0) is 23.3. The number of hydrogen-bond acceptors (Lipinski definition) is 4. The first-order valence-electron chi connectivity index (χ1n) is 11.8. The van der Waals surface area contributed by atoms with Crippen molar-refractivity contribution in [1.29, 1.82) is 0 Å². The summed E-state index contributed by atoms with van der Waals surface area (Å²) in [6.45, 7) is 9.76. The van der Waals surface area contributed by atoms with Crippen molar-refractivity contribution in [2.45, 2.75) is 51.7 Å². The maximum absolute atomic E-state index is 6.77. The summed E-state index contributed by atoms with van der Waals surface area (Å²) < 4.78 is 12.5. The Hall–Kier alpha value is -2.50. The molecule has 0 amide bonds. The van der Waals surface area contributed by atoms with Crippen LogP contribution in [-0.2, 0) is 14.3 Å². The molecule has 33 heavy (non-hydrogen) atoms. The number of nitrogens with zero attached hydrogens (tertiary/aromatic N) is 1. The number of ether oxygens (including phenoxy) is 2. The highest BCUT2D eigenvalue weighted by atomic mass is 16.7. The highest BCUT2D eigenvalue weighted by molar-refractivity contribution is 5.21. The Morgan fingerprint density at radius 3 is 1.76 bits per heavy atom. The van der Waals surface area contributed by atoms with E-state index in [1.165, 1.54) is 5.56 Å². The molecule has 3 aromatic carbocycles. The van der Waals surface area contributed by atoms with Gasteiger partial charge in [-0.15, -0.1) is 0 Å². The third kappa shape index (κ3) is 5.53. The molecule has 0 aliphatic carbocycles. The third-order valence-electron chi connectivity index (χ3n) is 6.26. The molecule has 0 aromatic heterocycles. The van der Waals surface area contributed by atoms with Crippen molar-refractivity contribution in [2.24, 2.45) is 5.92 Å². The number of rotatable bonds is 8. The molecule has 1 fully saturated rings. The Morgan fingerprint density at radius 1 is 0.758 bits per heavy atom. The van der Waals surface area contributed by atoms with E-state index in [9.17, 15) is 0 Å². The molecule has 0 radical (unpaired) electrons. The van der Waals surface area contributed by atoms with Crippen molar-refractivity contribution in [3.05, 3.63) is 108 Å². The number of hydroxylamine groups is 2. The highest BCUT2D eigenvalue weighted by Crippen LogP contribution is 2.40. The zero-order valence-electron chi connectivity index (χ0n) is 20.1. The van der Waals surface area contributed by atoms with E-state index in [0.29, 0.717) is 19.1 Å². The van der Waals surface area contributed by atoms with E-state index in [2.05, 4.69) is 87.4 Å². The van der Waals surface area contributed by atoms with Gasteiger partial charge in [0.2, 0.25) is 0 Å². The first-order chi connectivity index (χ1) is 16.0. The Kier molecular flexibility index (Phi) is 7.61. The predicted octanol–water partition coefficient (Wildman–Crippen LogP) is 6.88. The van der Waals surface area contributed by atoms with Crippen LogP contribution in [0.4, 0.5) is 0 Å². The van der Waals surface area contributed by atoms with Crippen molar-refractivity contribution in [3.63, 3.8) is 0 Å². The molecule has 0 bridgehead atoms. The van der Waals surface area contributed by atoms with Gasteiger partial charge in [-0.3, -0.25) is 4.84 Å². The first-order valence-corrected chi connectivity index (χ1v) is 11.8. The van der Waals surface area contributed by atoms with Crippen molar-refractivity contribution >= 4 is 0 Å². The summed E-state index contributed by atoms with van der Waals surface area (Å²) in [6.07, 6.45) is -0.471.